The number of phenols is 1. The minimum absolute atomic E-state index is 0.00435. The lowest BCUT2D eigenvalue weighted by Gasteiger charge is -2.32. The van der Waals surface area contributed by atoms with Gasteiger partial charge in [0, 0.05) is 30.1 Å². The number of Topliss-reactive ketones (excluding diaryl/α,β-unsaturated/α-hetero) is 1. The van der Waals surface area contributed by atoms with Gasteiger partial charge in [0.2, 0.25) is 0 Å². The molecule has 1 aliphatic heterocycles. The fourth-order valence-corrected chi connectivity index (χ4v) is 4.04. The van der Waals surface area contributed by atoms with Gasteiger partial charge in [0.25, 0.3) is 0 Å². The zero-order valence-corrected chi connectivity index (χ0v) is 16.1. The number of likely N-dealkylation sites (tertiary alicyclic amines) is 1. The third-order valence-corrected chi connectivity index (χ3v) is 5.59. The summed E-state index contributed by atoms with van der Waals surface area (Å²) in [5.74, 6) is 1.34. The van der Waals surface area contributed by atoms with E-state index in [1.54, 1.807) is 13.2 Å². The van der Waals surface area contributed by atoms with Crippen LogP contribution in [-0.4, -0.2) is 36.0 Å². The summed E-state index contributed by atoms with van der Waals surface area (Å²) in [6.45, 7) is 2.36. The second-order valence-electron chi connectivity index (χ2n) is 7.50. The first kappa shape index (κ1) is 18.5. The molecule has 144 valence electrons. The first-order valence-electron chi connectivity index (χ1n) is 9.75. The molecule has 0 saturated carbocycles. The Hall–Kier alpha value is -2.85. The standard InChI is InChI=1S/C24H25NO3/c1-28-22-11-10-17-13-19(9-8-18(17)14-22)24(27)21-6-4-12-25(16-21)15-20-5-2-3-7-23(20)26/h2-3,5,7-11,13-14,21,26H,4,6,12,15-16H2,1H3/t21-/m0/s1. The largest absolute Gasteiger partial charge is 0.508 e. The van der Waals surface area contributed by atoms with Crippen LogP contribution in [0.3, 0.4) is 0 Å². The maximum Gasteiger partial charge on any atom is 0.167 e. The number of ketones is 1. The Bertz CT molecular complexity index is 998. The van der Waals surface area contributed by atoms with E-state index in [-0.39, 0.29) is 11.7 Å². The quantitative estimate of drug-likeness (QED) is 0.660. The summed E-state index contributed by atoms with van der Waals surface area (Å²) in [4.78, 5) is 15.4. The number of nitrogens with zero attached hydrogens (tertiary/aromatic N) is 1. The number of hydrogen-bond acceptors (Lipinski definition) is 4. The van der Waals surface area contributed by atoms with Crippen molar-refractivity contribution in [1.82, 2.24) is 4.90 Å². The molecule has 4 nitrogen and oxygen atoms in total. The molecule has 4 heteroatoms. The molecular weight excluding hydrogens is 350 g/mol. The molecule has 1 atom stereocenters. The van der Waals surface area contributed by atoms with Crippen LogP contribution in [0.2, 0.25) is 0 Å². The molecule has 3 aromatic rings. The number of carbonyl (C=O) groups excluding carboxylic acids is 1. The van der Waals surface area contributed by atoms with Crippen LogP contribution in [0.25, 0.3) is 10.8 Å². The van der Waals surface area contributed by atoms with E-state index >= 15 is 0 Å². The van der Waals surface area contributed by atoms with E-state index in [1.165, 1.54) is 0 Å². The lowest BCUT2D eigenvalue weighted by Crippen LogP contribution is -2.38. The average molecular weight is 375 g/mol. The van der Waals surface area contributed by atoms with Crippen molar-refractivity contribution in [3.8, 4) is 11.5 Å². The molecule has 1 aliphatic rings. The van der Waals surface area contributed by atoms with Crippen LogP contribution in [0.4, 0.5) is 0 Å². The highest BCUT2D eigenvalue weighted by Crippen LogP contribution is 2.27. The lowest BCUT2D eigenvalue weighted by atomic mass is 9.89. The Morgan fingerprint density at radius 2 is 1.89 bits per heavy atom. The number of rotatable bonds is 5. The van der Waals surface area contributed by atoms with Crippen molar-refractivity contribution in [2.75, 3.05) is 20.2 Å². The maximum absolute atomic E-state index is 13.1. The Labute approximate surface area is 165 Å². The van der Waals surface area contributed by atoms with Crippen LogP contribution >= 0.6 is 0 Å². The normalized spacial score (nSPS) is 17.5. The number of para-hydroxylation sites is 1. The first-order chi connectivity index (χ1) is 13.6. The van der Waals surface area contributed by atoms with Gasteiger partial charge in [-0.2, -0.15) is 0 Å². The Balaban J connectivity index is 1.49. The van der Waals surface area contributed by atoms with Crippen molar-refractivity contribution in [1.29, 1.82) is 0 Å². The smallest absolute Gasteiger partial charge is 0.167 e. The molecule has 1 fully saturated rings. The predicted molar refractivity (Wildman–Crippen MR) is 111 cm³/mol. The summed E-state index contributed by atoms with van der Waals surface area (Å²) < 4.78 is 5.27. The van der Waals surface area contributed by atoms with Crippen molar-refractivity contribution in [3.05, 3.63) is 71.8 Å². The Morgan fingerprint density at radius 1 is 1.11 bits per heavy atom. The zero-order chi connectivity index (χ0) is 19.5. The van der Waals surface area contributed by atoms with Crippen molar-refractivity contribution < 1.29 is 14.6 Å². The molecule has 1 N–H and O–H groups in total. The average Bonchev–Trinajstić information content (AvgIpc) is 2.74. The first-order valence-corrected chi connectivity index (χ1v) is 9.75. The minimum atomic E-state index is -0.00435. The number of methoxy groups -OCH3 is 1. The topological polar surface area (TPSA) is 49.8 Å². The van der Waals surface area contributed by atoms with E-state index in [2.05, 4.69) is 4.90 Å². The van der Waals surface area contributed by atoms with Crippen LogP contribution in [0.15, 0.2) is 60.7 Å². The molecule has 0 bridgehead atoms. The van der Waals surface area contributed by atoms with E-state index < -0.39 is 0 Å². The summed E-state index contributed by atoms with van der Waals surface area (Å²) in [7, 11) is 1.66. The van der Waals surface area contributed by atoms with Crippen LogP contribution < -0.4 is 4.74 Å². The van der Waals surface area contributed by atoms with Gasteiger partial charge in [-0.25, -0.2) is 0 Å². The SMILES string of the molecule is COc1ccc2cc(C(=O)[C@H]3CCCN(Cc4ccccc4O)C3)ccc2c1. The van der Waals surface area contributed by atoms with Gasteiger partial charge in [0.15, 0.2) is 5.78 Å². The van der Waals surface area contributed by atoms with Gasteiger partial charge in [-0.05, 0) is 54.4 Å². The Kier molecular flexibility index (Phi) is 5.31. The fourth-order valence-electron chi connectivity index (χ4n) is 4.04. The van der Waals surface area contributed by atoms with Crippen LogP contribution in [0.5, 0.6) is 11.5 Å². The molecule has 0 unspecified atom stereocenters. The molecule has 0 aromatic heterocycles. The molecular formula is C24H25NO3. The number of fused-ring (bicyclic) bond motifs is 1. The van der Waals surface area contributed by atoms with Gasteiger partial charge in [0.05, 0.1) is 7.11 Å². The van der Waals surface area contributed by atoms with Crippen LogP contribution in [0, 0.1) is 5.92 Å². The summed E-state index contributed by atoms with van der Waals surface area (Å²) in [6.07, 6.45) is 1.91. The van der Waals surface area contributed by atoms with Gasteiger partial charge in [-0.1, -0.05) is 36.4 Å². The number of ether oxygens (including phenoxy) is 1. The highest BCUT2D eigenvalue weighted by Gasteiger charge is 2.27. The zero-order valence-electron chi connectivity index (χ0n) is 16.1. The van der Waals surface area contributed by atoms with Crippen molar-refractivity contribution in [3.63, 3.8) is 0 Å². The van der Waals surface area contributed by atoms with Crippen molar-refractivity contribution in [2.24, 2.45) is 5.92 Å². The monoisotopic (exact) mass is 375 g/mol. The van der Waals surface area contributed by atoms with E-state index in [9.17, 15) is 9.90 Å². The number of benzene rings is 3. The third-order valence-electron chi connectivity index (χ3n) is 5.59. The number of piperidine rings is 1. The number of aromatic hydroxyl groups is 1. The van der Waals surface area contributed by atoms with Gasteiger partial charge in [-0.3, -0.25) is 9.69 Å². The third kappa shape index (κ3) is 3.87. The highest BCUT2D eigenvalue weighted by atomic mass is 16.5. The van der Waals surface area contributed by atoms with Gasteiger partial charge in [0.1, 0.15) is 11.5 Å². The molecule has 28 heavy (non-hydrogen) atoms. The summed E-state index contributed by atoms with van der Waals surface area (Å²) in [5, 5.41) is 12.1. The van der Waals surface area contributed by atoms with Gasteiger partial charge in [-0.15, -0.1) is 0 Å². The summed E-state index contributed by atoms with van der Waals surface area (Å²) in [6, 6.07) is 19.2. The second-order valence-corrected chi connectivity index (χ2v) is 7.50. The summed E-state index contributed by atoms with van der Waals surface area (Å²) in [5.41, 5.74) is 1.68. The van der Waals surface area contributed by atoms with Crippen LogP contribution in [-0.2, 0) is 6.54 Å². The van der Waals surface area contributed by atoms with E-state index in [1.807, 2.05) is 54.6 Å². The molecule has 0 spiro atoms. The molecule has 0 radical (unpaired) electrons. The Morgan fingerprint density at radius 3 is 2.71 bits per heavy atom. The predicted octanol–water partition coefficient (Wildman–Crippen LogP) is 4.65. The van der Waals surface area contributed by atoms with Gasteiger partial charge >= 0.3 is 0 Å². The molecule has 0 aliphatic carbocycles. The molecule has 1 saturated heterocycles. The van der Waals surface area contributed by atoms with Gasteiger partial charge < -0.3 is 9.84 Å². The molecule has 4 rings (SSSR count). The lowest BCUT2D eigenvalue weighted by molar-refractivity contribution is 0.0811. The number of phenolic OH excluding ortho intramolecular Hbond substituents is 1. The number of carbonyl (C=O) groups is 1. The van der Waals surface area contributed by atoms with E-state index in [4.69, 9.17) is 4.74 Å². The van der Waals surface area contributed by atoms with Crippen molar-refractivity contribution >= 4 is 16.6 Å². The fraction of sp³-hybridized carbons (Fsp3) is 0.292. The molecule has 0 amide bonds. The van der Waals surface area contributed by atoms with Crippen LogP contribution in [0.1, 0.15) is 28.8 Å². The molecule has 1 heterocycles. The highest BCUT2D eigenvalue weighted by molar-refractivity contribution is 6.01. The van der Waals surface area contributed by atoms with E-state index in [0.29, 0.717) is 12.3 Å². The summed E-state index contributed by atoms with van der Waals surface area (Å²) >= 11 is 0. The van der Waals surface area contributed by atoms with E-state index in [0.717, 1.165) is 53.6 Å². The molecule has 3 aromatic carbocycles. The number of hydrogen-bond donors (Lipinski definition) is 1. The minimum Gasteiger partial charge on any atom is -0.508 e. The van der Waals surface area contributed by atoms with Crippen molar-refractivity contribution in [2.45, 2.75) is 19.4 Å². The maximum atomic E-state index is 13.1. The second kappa shape index (κ2) is 8.03.